The molecule has 0 aliphatic heterocycles. The van der Waals surface area contributed by atoms with Crippen molar-refractivity contribution < 1.29 is 17.9 Å². The van der Waals surface area contributed by atoms with Gasteiger partial charge in [0, 0.05) is 0 Å². The standard InChI is InChI=1S/C15H15NO4S2/c1-3-10-16(22(18,19)14-9-6-11-21-14)15(17)12-7-4-5-8-13(12)20-2/h3-9,11H,1,10H2,2H3. The van der Waals surface area contributed by atoms with Gasteiger partial charge in [0.2, 0.25) is 0 Å². The Morgan fingerprint density at radius 2 is 2.05 bits per heavy atom. The summed E-state index contributed by atoms with van der Waals surface area (Å²) in [6, 6.07) is 9.59. The molecule has 0 bridgehead atoms. The number of rotatable bonds is 6. The molecule has 0 saturated heterocycles. The molecule has 0 saturated carbocycles. The molecular weight excluding hydrogens is 322 g/mol. The fraction of sp³-hybridized carbons (Fsp3) is 0.133. The molecule has 0 atom stereocenters. The Hall–Kier alpha value is -2.12. The summed E-state index contributed by atoms with van der Waals surface area (Å²) in [6.45, 7) is 3.41. The summed E-state index contributed by atoms with van der Waals surface area (Å²) in [5, 5.41) is 1.65. The lowest BCUT2D eigenvalue weighted by molar-refractivity contribution is 0.0868. The molecule has 0 aliphatic rings. The number of benzene rings is 1. The van der Waals surface area contributed by atoms with E-state index >= 15 is 0 Å². The zero-order valence-corrected chi connectivity index (χ0v) is 13.6. The van der Waals surface area contributed by atoms with Gasteiger partial charge in [0.15, 0.2) is 0 Å². The first kappa shape index (κ1) is 16.3. The number of amides is 1. The summed E-state index contributed by atoms with van der Waals surface area (Å²) in [6.07, 6.45) is 1.37. The normalized spacial score (nSPS) is 11.0. The van der Waals surface area contributed by atoms with E-state index in [1.54, 1.807) is 29.6 Å². The summed E-state index contributed by atoms with van der Waals surface area (Å²) in [7, 11) is -2.49. The summed E-state index contributed by atoms with van der Waals surface area (Å²) >= 11 is 1.06. The molecule has 2 rings (SSSR count). The van der Waals surface area contributed by atoms with Crippen molar-refractivity contribution in [3.05, 3.63) is 60.0 Å². The van der Waals surface area contributed by atoms with Crippen molar-refractivity contribution in [1.82, 2.24) is 4.31 Å². The maximum atomic E-state index is 12.7. The van der Waals surface area contributed by atoms with Crippen LogP contribution in [0.25, 0.3) is 0 Å². The lowest BCUT2D eigenvalue weighted by Crippen LogP contribution is -2.36. The van der Waals surface area contributed by atoms with E-state index in [-0.39, 0.29) is 16.3 Å². The Morgan fingerprint density at radius 3 is 2.64 bits per heavy atom. The van der Waals surface area contributed by atoms with Gasteiger partial charge in [-0.25, -0.2) is 12.7 Å². The molecule has 0 aliphatic carbocycles. The molecule has 5 nitrogen and oxygen atoms in total. The third-order valence-electron chi connectivity index (χ3n) is 2.90. The van der Waals surface area contributed by atoms with Crippen LogP contribution in [0.5, 0.6) is 5.75 Å². The zero-order chi connectivity index (χ0) is 16.2. The minimum atomic E-state index is -3.92. The van der Waals surface area contributed by atoms with Gasteiger partial charge in [-0.05, 0) is 23.6 Å². The lowest BCUT2D eigenvalue weighted by atomic mass is 10.2. The number of hydrogen-bond acceptors (Lipinski definition) is 5. The fourth-order valence-corrected chi connectivity index (χ4v) is 4.34. The van der Waals surface area contributed by atoms with E-state index in [0.29, 0.717) is 5.75 Å². The Bertz CT molecular complexity index is 767. The highest BCUT2D eigenvalue weighted by molar-refractivity contribution is 7.91. The van der Waals surface area contributed by atoms with E-state index < -0.39 is 15.9 Å². The minimum Gasteiger partial charge on any atom is -0.496 e. The van der Waals surface area contributed by atoms with Crippen molar-refractivity contribution in [1.29, 1.82) is 0 Å². The number of carbonyl (C=O) groups excluding carboxylic acids is 1. The maximum absolute atomic E-state index is 12.7. The Morgan fingerprint density at radius 1 is 1.32 bits per heavy atom. The molecule has 2 aromatic rings. The molecule has 0 N–H and O–H groups in total. The monoisotopic (exact) mass is 337 g/mol. The van der Waals surface area contributed by atoms with Crippen LogP contribution in [0.1, 0.15) is 10.4 Å². The smallest absolute Gasteiger partial charge is 0.276 e. The largest absolute Gasteiger partial charge is 0.496 e. The predicted molar refractivity (Wildman–Crippen MR) is 85.7 cm³/mol. The van der Waals surface area contributed by atoms with Gasteiger partial charge in [0.05, 0.1) is 19.2 Å². The molecular formula is C15H15NO4S2. The van der Waals surface area contributed by atoms with Crippen LogP contribution in [0.4, 0.5) is 0 Å². The molecule has 0 radical (unpaired) electrons. The van der Waals surface area contributed by atoms with Gasteiger partial charge in [-0.15, -0.1) is 17.9 Å². The Balaban J connectivity index is 2.48. The number of thiophene rings is 1. The second-order valence-corrected chi connectivity index (χ2v) is 7.30. The van der Waals surface area contributed by atoms with Crippen LogP contribution in [0.3, 0.4) is 0 Å². The number of ether oxygens (including phenoxy) is 1. The van der Waals surface area contributed by atoms with Crippen molar-refractivity contribution >= 4 is 27.3 Å². The van der Waals surface area contributed by atoms with Crippen LogP contribution in [-0.2, 0) is 10.0 Å². The predicted octanol–water partition coefficient (Wildman–Crippen LogP) is 2.77. The van der Waals surface area contributed by atoms with Crippen molar-refractivity contribution in [2.45, 2.75) is 4.21 Å². The van der Waals surface area contributed by atoms with Crippen LogP contribution >= 0.6 is 11.3 Å². The summed E-state index contributed by atoms with van der Waals surface area (Å²) in [5.74, 6) is -0.325. The van der Waals surface area contributed by atoms with Crippen molar-refractivity contribution in [3.8, 4) is 5.75 Å². The molecule has 1 aromatic carbocycles. The number of nitrogens with zero attached hydrogens (tertiary/aromatic N) is 1. The van der Waals surface area contributed by atoms with E-state index in [1.807, 2.05) is 0 Å². The van der Waals surface area contributed by atoms with E-state index in [0.717, 1.165) is 15.6 Å². The zero-order valence-electron chi connectivity index (χ0n) is 11.9. The van der Waals surface area contributed by atoms with Gasteiger partial charge in [-0.3, -0.25) is 4.79 Å². The number of hydrogen-bond donors (Lipinski definition) is 0. The van der Waals surface area contributed by atoms with Gasteiger partial charge in [0.1, 0.15) is 9.96 Å². The SMILES string of the molecule is C=CCN(C(=O)c1ccccc1OC)S(=O)(=O)c1cccs1. The highest BCUT2D eigenvalue weighted by Gasteiger charge is 2.31. The van der Waals surface area contributed by atoms with Gasteiger partial charge in [-0.2, -0.15) is 0 Å². The van der Waals surface area contributed by atoms with Crippen LogP contribution in [0.15, 0.2) is 58.6 Å². The van der Waals surface area contributed by atoms with Crippen molar-refractivity contribution in [3.63, 3.8) is 0 Å². The van der Waals surface area contributed by atoms with E-state index in [4.69, 9.17) is 4.74 Å². The van der Waals surface area contributed by atoms with Crippen molar-refractivity contribution in [2.24, 2.45) is 0 Å². The maximum Gasteiger partial charge on any atom is 0.276 e. The Kier molecular flexibility index (Phi) is 4.99. The highest BCUT2D eigenvalue weighted by Crippen LogP contribution is 2.25. The molecule has 0 fully saturated rings. The first-order valence-corrected chi connectivity index (χ1v) is 8.69. The summed E-state index contributed by atoms with van der Waals surface area (Å²) in [5.41, 5.74) is 0.187. The molecule has 116 valence electrons. The molecule has 0 unspecified atom stereocenters. The topological polar surface area (TPSA) is 63.7 Å². The van der Waals surface area contributed by atoms with Gasteiger partial charge < -0.3 is 4.74 Å². The number of sulfonamides is 1. The average molecular weight is 337 g/mol. The second kappa shape index (κ2) is 6.76. The second-order valence-electron chi connectivity index (χ2n) is 4.26. The summed E-state index contributed by atoms with van der Waals surface area (Å²) < 4.78 is 31.3. The third kappa shape index (κ3) is 3.05. The molecule has 0 spiro atoms. The molecule has 1 aromatic heterocycles. The van der Waals surface area contributed by atoms with Crippen LogP contribution in [0, 0.1) is 0 Å². The first-order chi connectivity index (χ1) is 10.5. The first-order valence-electron chi connectivity index (χ1n) is 6.37. The minimum absolute atomic E-state index is 0.109. The van der Waals surface area contributed by atoms with Crippen LogP contribution in [0.2, 0.25) is 0 Å². The van der Waals surface area contributed by atoms with E-state index in [9.17, 15) is 13.2 Å². The lowest BCUT2D eigenvalue weighted by Gasteiger charge is -2.21. The average Bonchev–Trinajstić information content (AvgIpc) is 3.07. The van der Waals surface area contributed by atoms with Gasteiger partial charge >= 0.3 is 0 Å². The quantitative estimate of drug-likeness (QED) is 0.760. The van der Waals surface area contributed by atoms with Gasteiger partial charge in [-0.1, -0.05) is 24.3 Å². The van der Waals surface area contributed by atoms with Gasteiger partial charge in [0.25, 0.3) is 15.9 Å². The molecule has 1 heterocycles. The number of methoxy groups -OCH3 is 1. The summed E-state index contributed by atoms with van der Waals surface area (Å²) in [4.78, 5) is 12.7. The molecule has 7 heteroatoms. The van der Waals surface area contributed by atoms with E-state index in [2.05, 4.69) is 6.58 Å². The van der Waals surface area contributed by atoms with Crippen molar-refractivity contribution in [2.75, 3.05) is 13.7 Å². The number of para-hydroxylation sites is 1. The highest BCUT2D eigenvalue weighted by atomic mass is 32.2. The van der Waals surface area contributed by atoms with Crippen LogP contribution in [-0.4, -0.2) is 32.3 Å². The Labute approximate surface area is 133 Å². The molecule has 1 amide bonds. The van der Waals surface area contributed by atoms with E-state index in [1.165, 1.54) is 25.3 Å². The third-order valence-corrected chi connectivity index (χ3v) is 6.02. The van der Waals surface area contributed by atoms with Crippen LogP contribution < -0.4 is 4.74 Å². The fourth-order valence-electron chi connectivity index (χ4n) is 1.88. The number of carbonyl (C=O) groups is 1. The molecule has 22 heavy (non-hydrogen) atoms.